The number of carbonyl (C=O) groups excluding carboxylic acids is 2. The molecule has 1 aliphatic heterocycles. The molecule has 0 atom stereocenters. The molecule has 2 N–H and O–H groups in total. The first-order valence-electron chi connectivity index (χ1n) is 8.28. The van der Waals surface area contributed by atoms with Gasteiger partial charge < -0.3 is 19.9 Å². The summed E-state index contributed by atoms with van der Waals surface area (Å²) in [5.74, 6) is 0.453. The van der Waals surface area contributed by atoms with E-state index in [0.717, 1.165) is 37.0 Å². The number of imidazole rings is 1. The monoisotopic (exact) mass is 330 g/mol. The molecule has 1 aliphatic rings. The van der Waals surface area contributed by atoms with Gasteiger partial charge in [-0.15, -0.1) is 0 Å². The minimum Gasteiger partial charge on any atom is -0.395 e. The van der Waals surface area contributed by atoms with Crippen LogP contribution in [0.15, 0.2) is 24.3 Å². The van der Waals surface area contributed by atoms with Crippen LogP contribution in [0.1, 0.15) is 18.7 Å². The molecule has 1 aromatic heterocycles. The van der Waals surface area contributed by atoms with Gasteiger partial charge in [-0.3, -0.25) is 9.59 Å². The zero-order chi connectivity index (χ0) is 16.9. The SMILES string of the molecule is O=C(Cn1c(CC(=O)N2CCCC2)nc2ccccc21)NCCO. The van der Waals surface area contributed by atoms with Crippen molar-refractivity contribution in [2.75, 3.05) is 26.2 Å². The summed E-state index contributed by atoms with van der Waals surface area (Å²) in [6, 6.07) is 7.54. The van der Waals surface area contributed by atoms with E-state index in [1.807, 2.05) is 29.2 Å². The fourth-order valence-corrected chi connectivity index (χ4v) is 3.05. The van der Waals surface area contributed by atoms with Crippen LogP contribution in [-0.4, -0.2) is 57.6 Å². The fourth-order valence-electron chi connectivity index (χ4n) is 3.05. The predicted molar refractivity (Wildman–Crippen MR) is 89.3 cm³/mol. The Hall–Kier alpha value is -2.41. The number of likely N-dealkylation sites (tertiary alicyclic amines) is 1. The average molecular weight is 330 g/mol. The van der Waals surface area contributed by atoms with Gasteiger partial charge in [0.05, 0.1) is 24.1 Å². The minimum absolute atomic E-state index is 0.0554. The van der Waals surface area contributed by atoms with Crippen LogP contribution < -0.4 is 5.32 Å². The number of nitrogens with zero attached hydrogens (tertiary/aromatic N) is 3. The number of rotatable bonds is 6. The van der Waals surface area contributed by atoms with Crippen molar-refractivity contribution in [1.82, 2.24) is 19.8 Å². The lowest BCUT2D eigenvalue weighted by Gasteiger charge is -2.15. The van der Waals surface area contributed by atoms with Gasteiger partial charge in [-0.25, -0.2) is 4.98 Å². The summed E-state index contributed by atoms with van der Waals surface area (Å²) >= 11 is 0. The molecule has 1 aromatic carbocycles. The molecule has 128 valence electrons. The normalized spacial score (nSPS) is 14.3. The molecule has 0 unspecified atom stereocenters. The second-order valence-corrected chi connectivity index (χ2v) is 5.94. The lowest BCUT2D eigenvalue weighted by atomic mass is 10.3. The molecule has 1 saturated heterocycles. The molecule has 2 heterocycles. The summed E-state index contributed by atoms with van der Waals surface area (Å²) in [7, 11) is 0. The summed E-state index contributed by atoms with van der Waals surface area (Å²) in [6.45, 7) is 1.81. The molecule has 24 heavy (non-hydrogen) atoms. The van der Waals surface area contributed by atoms with E-state index in [0.29, 0.717) is 5.82 Å². The van der Waals surface area contributed by atoms with E-state index in [9.17, 15) is 9.59 Å². The molecule has 0 spiro atoms. The van der Waals surface area contributed by atoms with Gasteiger partial charge in [-0.05, 0) is 25.0 Å². The fraction of sp³-hybridized carbons (Fsp3) is 0.471. The highest BCUT2D eigenvalue weighted by molar-refractivity contribution is 5.83. The van der Waals surface area contributed by atoms with E-state index in [-0.39, 0.29) is 37.9 Å². The predicted octanol–water partition coefficient (Wildman–Crippen LogP) is 0.310. The molecule has 0 bridgehead atoms. The zero-order valence-corrected chi connectivity index (χ0v) is 13.6. The second-order valence-electron chi connectivity index (χ2n) is 5.94. The molecule has 7 nitrogen and oxygen atoms in total. The van der Waals surface area contributed by atoms with Crippen molar-refractivity contribution < 1.29 is 14.7 Å². The lowest BCUT2D eigenvalue weighted by molar-refractivity contribution is -0.129. The molecule has 0 saturated carbocycles. The van der Waals surface area contributed by atoms with Gasteiger partial charge in [0.25, 0.3) is 0 Å². The number of aromatic nitrogens is 2. The Bertz CT molecular complexity index is 735. The lowest BCUT2D eigenvalue weighted by Crippen LogP contribution is -2.32. The summed E-state index contributed by atoms with van der Waals surface area (Å²) in [4.78, 5) is 30.9. The third-order valence-electron chi connectivity index (χ3n) is 4.24. The first kappa shape index (κ1) is 16.4. The maximum absolute atomic E-state index is 12.4. The first-order chi connectivity index (χ1) is 11.7. The third kappa shape index (κ3) is 3.56. The highest BCUT2D eigenvalue weighted by atomic mass is 16.3. The average Bonchev–Trinajstić information content (AvgIpc) is 3.22. The molecule has 7 heteroatoms. The van der Waals surface area contributed by atoms with Gasteiger partial charge in [0.2, 0.25) is 11.8 Å². The molecule has 0 aliphatic carbocycles. The summed E-state index contributed by atoms with van der Waals surface area (Å²) in [5.41, 5.74) is 1.61. The summed E-state index contributed by atoms with van der Waals surface area (Å²) in [6.07, 6.45) is 2.29. The maximum atomic E-state index is 12.4. The number of aliphatic hydroxyl groups is 1. The molecule has 2 aromatic rings. The van der Waals surface area contributed by atoms with Crippen LogP contribution in [0.3, 0.4) is 0 Å². The Labute approximate surface area is 140 Å². The number of para-hydroxylation sites is 2. The Balaban J connectivity index is 1.84. The number of carbonyl (C=O) groups is 2. The number of amides is 2. The third-order valence-corrected chi connectivity index (χ3v) is 4.24. The zero-order valence-electron chi connectivity index (χ0n) is 13.6. The molecule has 3 rings (SSSR count). The van der Waals surface area contributed by atoms with E-state index < -0.39 is 0 Å². The van der Waals surface area contributed by atoms with E-state index in [2.05, 4.69) is 10.3 Å². The van der Waals surface area contributed by atoms with Gasteiger partial charge in [-0.2, -0.15) is 0 Å². The molecular weight excluding hydrogens is 308 g/mol. The van der Waals surface area contributed by atoms with Gasteiger partial charge in [0.1, 0.15) is 12.4 Å². The van der Waals surface area contributed by atoms with E-state index in [1.165, 1.54) is 0 Å². The number of nitrogens with one attached hydrogen (secondary N) is 1. The van der Waals surface area contributed by atoms with E-state index >= 15 is 0 Å². The summed E-state index contributed by atoms with van der Waals surface area (Å²) in [5, 5.41) is 11.5. The van der Waals surface area contributed by atoms with Gasteiger partial charge in [0.15, 0.2) is 0 Å². The Morgan fingerprint density at radius 2 is 1.96 bits per heavy atom. The second kappa shape index (κ2) is 7.44. The van der Waals surface area contributed by atoms with Crippen LogP contribution in [0.2, 0.25) is 0 Å². The number of hydrogen-bond acceptors (Lipinski definition) is 4. The van der Waals surface area contributed by atoms with Gasteiger partial charge in [-0.1, -0.05) is 12.1 Å². The Kier molecular flexibility index (Phi) is 5.10. The highest BCUT2D eigenvalue weighted by Crippen LogP contribution is 2.18. The van der Waals surface area contributed by atoms with E-state index in [1.54, 1.807) is 4.57 Å². The molecule has 1 fully saturated rings. The van der Waals surface area contributed by atoms with Crippen molar-refractivity contribution in [3.8, 4) is 0 Å². The van der Waals surface area contributed by atoms with Crippen molar-refractivity contribution in [2.45, 2.75) is 25.8 Å². The van der Waals surface area contributed by atoms with Crippen molar-refractivity contribution in [2.24, 2.45) is 0 Å². The maximum Gasteiger partial charge on any atom is 0.240 e. The summed E-state index contributed by atoms with van der Waals surface area (Å²) < 4.78 is 1.79. The van der Waals surface area contributed by atoms with Crippen molar-refractivity contribution in [3.05, 3.63) is 30.1 Å². The van der Waals surface area contributed by atoms with Gasteiger partial charge >= 0.3 is 0 Å². The molecule has 2 amide bonds. The first-order valence-corrected chi connectivity index (χ1v) is 8.28. The number of aliphatic hydroxyl groups excluding tert-OH is 1. The van der Waals surface area contributed by atoms with Gasteiger partial charge in [0, 0.05) is 19.6 Å². The Morgan fingerprint density at radius 1 is 1.21 bits per heavy atom. The minimum atomic E-state index is -0.206. The van der Waals surface area contributed by atoms with Crippen LogP contribution in [0, 0.1) is 0 Å². The number of hydrogen-bond donors (Lipinski definition) is 2. The smallest absolute Gasteiger partial charge is 0.240 e. The van der Waals surface area contributed by atoms with E-state index in [4.69, 9.17) is 5.11 Å². The molecule has 0 radical (unpaired) electrons. The van der Waals surface area contributed by atoms with Crippen molar-refractivity contribution in [3.63, 3.8) is 0 Å². The van der Waals surface area contributed by atoms with Crippen LogP contribution >= 0.6 is 0 Å². The Morgan fingerprint density at radius 3 is 2.71 bits per heavy atom. The largest absolute Gasteiger partial charge is 0.395 e. The highest BCUT2D eigenvalue weighted by Gasteiger charge is 2.22. The van der Waals surface area contributed by atoms with Crippen LogP contribution in [0.5, 0.6) is 0 Å². The standard InChI is InChI=1S/C17H22N4O3/c22-10-7-18-16(23)12-21-14-6-2-1-5-13(14)19-15(21)11-17(24)20-8-3-4-9-20/h1-2,5-6,22H,3-4,7-12H2,(H,18,23). The van der Waals surface area contributed by atoms with Crippen molar-refractivity contribution >= 4 is 22.8 Å². The molecular formula is C17H22N4O3. The van der Waals surface area contributed by atoms with Crippen LogP contribution in [-0.2, 0) is 22.6 Å². The van der Waals surface area contributed by atoms with Crippen molar-refractivity contribution in [1.29, 1.82) is 0 Å². The topological polar surface area (TPSA) is 87.5 Å². The number of fused-ring (bicyclic) bond motifs is 1. The van der Waals surface area contributed by atoms with Crippen LogP contribution in [0.4, 0.5) is 0 Å². The van der Waals surface area contributed by atoms with Crippen LogP contribution in [0.25, 0.3) is 11.0 Å². The quantitative estimate of drug-likeness (QED) is 0.798. The number of benzene rings is 1.